The molecule has 1 saturated heterocycles. The molecule has 1 aliphatic heterocycles. The molecule has 116 valence electrons. The van der Waals surface area contributed by atoms with Gasteiger partial charge in [-0.15, -0.1) is 0 Å². The van der Waals surface area contributed by atoms with Crippen LogP contribution in [-0.2, 0) is 0 Å². The lowest BCUT2D eigenvalue weighted by Gasteiger charge is -2.42. The Balaban J connectivity index is 2.21. The molecule has 0 bridgehead atoms. The number of rotatable bonds is 3. The molecular weight excluding hydrogens is 270 g/mol. The van der Waals surface area contributed by atoms with Crippen LogP contribution in [0.25, 0.3) is 0 Å². The van der Waals surface area contributed by atoms with Gasteiger partial charge in [-0.3, -0.25) is 15.0 Å². The third-order valence-electron chi connectivity index (χ3n) is 3.84. The fraction of sp³-hybridized carbons (Fsp3) is 0.643. The average molecular weight is 293 g/mol. The second kappa shape index (κ2) is 5.85. The van der Waals surface area contributed by atoms with Crippen molar-refractivity contribution in [1.29, 1.82) is 0 Å². The van der Waals surface area contributed by atoms with E-state index in [0.717, 1.165) is 26.2 Å². The third kappa shape index (κ3) is 3.41. The Morgan fingerprint density at radius 3 is 2.33 bits per heavy atom. The van der Waals surface area contributed by atoms with Crippen molar-refractivity contribution in [3.05, 3.63) is 22.2 Å². The average Bonchev–Trinajstić information content (AvgIpc) is 2.45. The highest BCUT2D eigenvalue weighted by molar-refractivity contribution is 5.62. The van der Waals surface area contributed by atoms with Gasteiger partial charge in [-0.1, -0.05) is 0 Å². The van der Waals surface area contributed by atoms with Crippen LogP contribution in [-0.4, -0.2) is 53.6 Å². The molecule has 1 aromatic heterocycles. The van der Waals surface area contributed by atoms with Gasteiger partial charge in [-0.05, 0) is 26.8 Å². The van der Waals surface area contributed by atoms with Gasteiger partial charge in [-0.25, -0.2) is 4.98 Å². The zero-order valence-electron chi connectivity index (χ0n) is 13.1. The van der Waals surface area contributed by atoms with Gasteiger partial charge in [0.05, 0.1) is 4.92 Å². The summed E-state index contributed by atoms with van der Waals surface area (Å²) in [4.78, 5) is 19.6. The molecule has 0 spiro atoms. The molecule has 0 radical (unpaired) electrons. The van der Waals surface area contributed by atoms with Crippen molar-refractivity contribution in [2.75, 3.05) is 43.4 Å². The Bertz CT molecular complexity index is 519. The molecule has 0 unspecified atom stereocenters. The standard InChI is InChI=1S/C14H23N5O2/c1-14(2,3)18-9-7-17(8-10-18)13-11(19(20)21)5-6-12(15-4)16-13/h5-6H,7-10H2,1-4H3,(H,15,16). The van der Waals surface area contributed by atoms with E-state index >= 15 is 0 Å². The maximum Gasteiger partial charge on any atom is 0.311 e. The molecule has 2 rings (SSSR count). The molecule has 2 heterocycles. The highest BCUT2D eigenvalue weighted by Gasteiger charge is 2.29. The summed E-state index contributed by atoms with van der Waals surface area (Å²) in [6.07, 6.45) is 0. The van der Waals surface area contributed by atoms with E-state index in [1.54, 1.807) is 13.1 Å². The summed E-state index contributed by atoms with van der Waals surface area (Å²) >= 11 is 0. The lowest BCUT2D eigenvalue weighted by Crippen LogP contribution is -2.53. The minimum Gasteiger partial charge on any atom is -0.373 e. The molecule has 1 aliphatic rings. The molecule has 0 saturated carbocycles. The van der Waals surface area contributed by atoms with Gasteiger partial charge in [0, 0.05) is 44.8 Å². The maximum absolute atomic E-state index is 11.2. The minimum absolute atomic E-state index is 0.0678. The summed E-state index contributed by atoms with van der Waals surface area (Å²) in [5, 5.41) is 14.1. The molecule has 0 amide bonds. The van der Waals surface area contributed by atoms with Gasteiger partial charge >= 0.3 is 5.69 Å². The fourth-order valence-corrected chi connectivity index (χ4v) is 2.54. The molecule has 7 nitrogen and oxygen atoms in total. The summed E-state index contributed by atoms with van der Waals surface area (Å²) in [7, 11) is 1.76. The number of hydrogen-bond donors (Lipinski definition) is 1. The zero-order chi connectivity index (χ0) is 15.6. The van der Waals surface area contributed by atoms with Gasteiger partial charge in [-0.2, -0.15) is 0 Å². The second-order valence-corrected chi connectivity index (χ2v) is 6.19. The molecule has 0 aliphatic carbocycles. The molecule has 7 heteroatoms. The van der Waals surface area contributed by atoms with E-state index in [2.05, 4.69) is 36.0 Å². The van der Waals surface area contributed by atoms with Gasteiger partial charge in [0.1, 0.15) is 5.82 Å². The van der Waals surface area contributed by atoms with Crippen molar-refractivity contribution in [1.82, 2.24) is 9.88 Å². The summed E-state index contributed by atoms with van der Waals surface area (Å²) in [5.74, 6) is 1.11. The fourth-order valence-electron chi connectivity index (χ4n) is 2.54. The van der Waals surface area contributed by atoms with Crippen LogP contribution in [0.5, 0.6) is 0 Å². The van der Waals surface area contributed by atoms with Gasteiger partial charge in [0.15, 0.2) is 0 Å². The predicted octanol–water partition coefficient (Wildman–Crippen LogP) is 1.95. The smallest absolute Gasteiger partial charge is 0.311 e. The lowest BCUT2D eigenvalue weighted by molar-refractivity contribution is -0.384. The van der Waals surface area contributed by atoms with Crippen molar-refractivity contribution in [3.8, 4) is 0 Å². The normalized spacial score (nSPS) is 16.9. The van der Waals surface area contributed by atoms with Crippen LogP contribution in [0.15, 0.2) is 12.1 Å². The van der Waals surface area contributed by atoms with E-state index in [9.17, 15) is 10.1 Å². The first-order valence-corrected chi connectivity index (χ1v) is 7.16. The summed E-state index contributed by atoms with van der Waals surface area (Å²) in [6, 6.07) is 3.15. The molecule has 0 atom stereocenters. The quantitative estimate of drug-likeness (QED) is 0.678. The van der Waals surface area contributed by atoms with Crippen LogP contribution in [0.4, 0.5) is 17.3 Å². The molecule has 1 fully saturated rings. The maximum atomic E-state index is 11.2. The number of nitro groups is 1. The molecule has 0 aromatic carbocycles. The van der Waals surface area contributed by atoms with Crippen LogP contribution in [0.1, 0.15) is 20.8 Å². The largest absolute Gasteiger partial charge is 0.373 e. The van der Waals surface area contributed by atoms with Crippen molar-refractivity contribution in [2.24, 2.45) is 0 Å². The molecule has 21 heavy (non-hydrogen) atoms. The number of nitrogens with one attached hydrogen (secondary N) is 1. The number of piperazine rings is 1. The van der Waals surface area contributed by atoms with Gasteiger partial charge < -0.3 is 10.2 Å². The predicted molar refractivity (Wildman–Crippen MR) is 84.0 cm³/mol. The van der Waals surface area contributed by atoms with Crippen LogP contribution in [0.2, 0.25) is 0 Å². The van der Waals surface area contributed by atoms with E-state index in [1.165, 1.54) is 6.07 Å². The highest BCUT2D eigenvalue weighted by Crippen LogP contribution is 2.29. The Morgan fingerprint density at radius 2 is 1.86 bits per heavy atom. The van der Waals surface area contributed by atoms with Crippen LogP contribution < -0.4 is 10.2 Å². The SMILES string of the molecule is CNc1ccc([N+](=O)[O-])c(N2CCN(C(C)(C)C)CC2)n1. The van der Waals surface area contributed by atoms with Crippen molar-refractivity contribution in [3.63, 3.8) is 0 Å². The number of nitrogens with zero attached hydrogens (tertiary/aromatic N) is 4. The number of anilines is 2. The topological polar surface area (TPSA) is 74.5 Å². The van der Waals surface area contributed by atoms with Gasteiger partial charge in [0.2, 0.25) is 5.82 Å². The van der Waals surface area contributed by atoms with E-state index < -0.39 is 0 Å². The molecule has 1 N–H and O–H groups in total. The first-order valence-electron chi connectivity index (χ1n) is 7.16. The van der Waals surface area contributed by atoms with E-state index in [-0.39, 0.29) is 16.1 Å². The summed E-state index contributed by atoms with van der Waals surface area (Å²) in [5.41, 5.74) is 0.191. The Morgan fingerprint density at radius 1 is 1.24 bits per heavy atom. The number of hydrogen-bond acceptors (Lipinski definition) is 6. The Kier molecular flexibility index (Phi) is 4.32. The highest BCUT2D eigenvalue weighted by atomic mass is 16.6. The molecular formula is C14H23N5O2. The molecule has 1 aromatic rings. The van der Waals surface area contributed by atoms with Crippen molar-refractivity contribution < 1.29 is 4.92 Å². The van der Waals surface area contributed by atoms with E-state index in [1.807, 2.05) is 4.90 Å². The Hall–Kier alpha value is -1.89. The Labute approximate surface area is 125 Å². The third-order valence-corrected chi connectivity index (χ3v) is 3.84. The van der Waals surface area contributed by atoms with Crippen LogP contribution >= 0.6 is 0 Å². The first-order chi connectivity index (χ1) is 9.82. The summed E-state index contributed by atoms with van der Waals surface area (Å²) in [6.45, 7) is 9.82. The zero-order valence-corrected chi connectivity index (χ0v) is 13.1. The van der Waals surface area contributed by atoms with Gasteiger partial charge in [0.25, 0.3) is 0 Å². The first kappa shape index (κ1) is 15.5. The monoisotopic (exact) mass is 293 g/mol. The minimum atomic E-state index is -0.363. The van der Waals surface area contributed by atoms with Crippen molar-refractivity contribution in [2.45, 2.75) is 26.3 Å². The number of pyridine rings is 1. The van der Waals surface area contributed by atoms with Crippen LogP contribution in [0, 0.1) is 10.1 Å². The van der Waals surface area contributed by atoms with Crippen LogP contribution in [0.3, 0.4) is 0 Å². The van der Waals surface area contributed by atoms with E-state index in [0.29, 0.717) is 11.6 Å². The number of aromatic nitrogens is 1. The second-order valence-electron chi connectivity index (χ2n) is 6.19. The van der Waals surface area contributed by atoms with Crippen molar-refractivity contribution >= 4 is 17.3 Å². The summed E-state index contributed by atoms with van der Waals surface area (Å²) < 4.78 is 0. The van der Waals surface area contributed by atoms with E-state index in [4.69, 9.17) is 0 Å². The lowest BCUT2D eigenvalue weighted by atomic mass is 10.0.